The van der Waals surface area contributed by atoms with E-state index in [1.165, 1.54) is 0 Å². The van der Waals surface area contributed by atoms with Gasteiger partial charge in [0, 0.05) is 0 Å². The van der Waals surface area contributed by atoms with Crippen LogP contribution in [0.4, 0.5) is 0 Å². The minimum atomic E-state index is -0.859. The molecule has 0 aliphatic heterocycles. The maximum absolute atomic E-state index is 10.4. The van der Waals surface area contributed by atoms with E-state index in [0.717, 1.165) is 5.56 Å². The van der Waals surface area contributed by atoms with Crippen LogP contribution in [0, 0.1) is 0 Å². The van der Waals surface area contributed by atoms with Crippen LogP contribution >= 0.6 is 0 Å². The number of aliphatic carboxylic acids is 1. The Morgan fingerprint density at radius 3 is 2.77 bits per heavy atom. The van der Waals surface area contributed by atoms with Gasteiger partial charge in [-0.1, -0.05) is 24.3 Å². The highest BCUT2D eigenvalue weighted by atomic mass is 16.4. The number of aliphatic hydroxyl groups is 1. The van der Waals surface area contributed by atoms with Crippen molar-refractivity contribution in [3.63, 3.8) is 0 Å². The van der Waals surface area contributed by atoms with Gasteiger partial charge in [0.05, 0.1) is 12.5 Å². The maximum Gasteiger partial charge on any atom is 0.307 e. The molecule has 0 bridgehead atoms. The topological polar surface area (TPSA) is 57.5 Å². The molecule has 0 amide bonds. The molecule has 3 nitrogen and oxygen atoms in total. The zero-order valence-electron chi connectivity index (χ0n) is 7.40. The first kappa shape index (κ1) is 9.74. The van der Waals surface area contributed by atoms with Gasteiger partial charge in [-0.3, -0.25) is 4.79 Å². The van der Waals surface area contributed by atoms with E-state index in [0.29, 0.717) is 5.56 Å². The molecule has 1 rings (SSSR count). The fourth-order valence-electron chi connectivity index (χ4n) is 1.14. The SMILES string of the molecule is CC(O)c1cccc(CC(=O)O)c1. The van der Waals surface area contributed by atoms with Gasteiger partial charge in [0.25, 0.3) is 0 Å². The molecule has 2 N–H and O–H groups in total. The maximum atomic E-state index is 10.4. The lowest BCUT2D eigenvalue weighted by atomic mass is 10.1. The molecule has 13 heavy (non-hydrogen) atoms. The zero-order chi connectivity index (χ0) is 9.84. The molecule has 70 valence electrons. The van der Waals surface area contributed by atoms with Crippen LogP contribution in [0.5, 0.6) is 0 Å². The number of carboxylic acid groups (broad SMARTS) is 1. The summed E-state index contributed by atoms with van der Waals surface area (Å²) in [6.07, 6.45) is -0.547. The van der Waals surface area contributed by atoms with E-state index in [9.17, 15) is 9.90 Å². The van der Waals surface area contributed by atoms with E-state index in [4.69, 9.17) is 5.11 Å². The molecule has 1 unspecified atom stereocenters. The summed E-state index contributed by atoms with van der Waals surface area (Å²) in [5.41, 5.74) is 1.46. The van der Waals surface area contributed by atoms with Crippen LogP contribution in [0.15, 0.2) is 24.3 Å². The predicted molar refractivity (Wildman–Crippen MR) is 48.4 cm³/mol. The van der Waals surface area contributed by atoms with E-state index in [1.54, 1.807) is 31.2 Å². The number of carboxylic acids is 1. The molecule has 0 radical (unpaired) electrons. The highest BCUT2D eigenvalue weighted by Crippen LogP contribution is 2.13. The van der Waals surface area contributed by atoms with Crippen LogP contribution in [-0.4, -0.2) is 16.2 Å². The summed E-state index contributed by atoms with van der Waals surface area (Å²) in [6, 6.07) is 6.97. The second kappa shape index (κ2) is 4.05. The van der Waals surface area contributed by atoms with Gasteiger partial charge in [-0.05, 0) is 18.1 Å². The standard InChI is InChI=1S/C10H12O3/c1-7(11)9-4-2-3-8(5-9)6-10(12)13/h2-5,7,11H,6H2,1H3,(H,12,13). The van der Waals surface area contributed by atoms with Gasteiger partial charge in [0.1, 0.15) is 0 Å². The van der Waals surface area contributed by atoms with Crippen LogP contribution in [0.25, 0.3) is 0 Å². The van der Waals surface area contributed by atoms with Gasteiger partial charge in [-0.25, -0.2) is 0 Å². The van der Waals surface area contributed by atoms with Crippen LogP contribution in [-0.2, 0) is 11.2 Å². The van der Waals surface area contributed by atoms with Crippen molar-refractivity contribution in [1.82, 2.24) is 0 Å². The Morgan fingerprint density at radius 1 is 1.54 bits per heavy atom. The van der Waals surface area contributed by atoms with Crippen molar-refractivity contribution in [2.45, 2.75) is 19.4 Å². The Labute approximate surface area is 76.6 Å². The first-order valence-electron chi connectivity index (χ1n) is 4.08. The Morgan fingerprint density at radius 2 is 2.23 bits per heavy atom. The van der Waals surface area contributed by atoms with Crippen molar-refractivity contribution in [1.29, 1.82) is 0 Å². The highest BCUT2D eigenvalue weighted by molar-refractivity contribution is 5.70. The Kier molecular flexibility index (Phi) is 3.03. The molecule has 0 heterocycles. The summed E-state index contributed by atoms with van der Waals surface area (Å²) < 4.78 is 0. The lowest BCUT2D eigenvalue weighted by Gasteiger charge is -2.05. The van der Waals surface area contributed by atoms with Gasteiger partial charge in [0.15, 0.2) is 0 Å². The van der Waals surface area contributed by atoms with Gasteiger partial charge in [-0.2, -0.15) is 0 Å². The third-order valence-electron chi connectivity index (χ3n) is 1.79. The van der Waals surface area contributed by atoms with Crippen LogP contribution in [0.1, 0.15) is 24.2 Å². The second-order valence-electron chi connectivity index (χ2n) is 2.99. The molecule has 3 heteroatoms. The minimum absolute atomic E-state index is 0.000556. The molecular weight excluding hydrogens is 168 g/mol. The molecule has 0 saturated carbocycles. The van der Waals surface area contributed by atoms with Crippen molar-refractivity contribution >= 4 is 5.97 Å². The zero-order valence-corrected chi connectivity index (χ0v) is 7.40. The normalized spacial score (nSPS) is 12.5. The lowest BCUT2D eigenvalue weighted by Crippen LogP contribution is -2.01. The first-order valence-corrected chi connectivity index (χ1v) is 4.08. The second-order valence-corrected chi connectivity index (χ2v) is 2.99. The summed E-state index contributed by atoms with van der Waals surface area (Å²) >= 11 is 0. The first-order chi connectivity index (χ1) is 6.09. The third-order valence-corrected chi connectivity index (χ3v) is 1.79. The largest absolute Gasteiger partial charge is 0.481 e. The third kappa shape index (κ3) is 2.87. The molecule has 0 fully saturated rings. The quantitative estimate of drug-likeness (QED) is 0.738. The summed E-state index contributed by atoms with van der Waals surface area (Å²) in [5.74, 6) is -0.859. The molecular formula is C10H12O3. The summed E-state index contributed by atoms with van der Waals surface area (Å²) in [6.45, 7) is 1.65. The van der Waals surface area contributed by atoms with E-state index in [-0.39, 0.29) is 6.42 Å². The fraction of sp³-hybridized carbons (Fsp3) is 0.300. The molecule has 1 atom stereocenters. The minimum Gasteiger partial charge on any atom is -0.481 e. The molecule has 0 spiro atoms. The predicted octanol–water partition coefficient (Wildman–Crippen LogP) is 1.37. The number of carbonyl (C=O) groups is 1. The van der Waals surface area contributed by atoms with Crippen LogP contribution in [0.2, 0.25) is 0 Å². The molecule has 0 aliphatic carbocycles. The number of rotatable bonds is 3. The van der Waals surface area contributed by atoms with Crippen LogP contribution < -0.4 is 0 Å². The van der Waals surface area contributed by atoms with E-state index >= 15 is 0 Å². The van der Waals surface area contributed by atoms with E-state index in [2.05, 4.69) is 0 Å². The van der Waals surface area contributed by atoms with Gasteiger partial charge >= 0.3 is 5.97 Å². The summed E-state index contributed by atoms with van der Waals surface area (Å²) in [5, 5.41) is 17.8. The monoisotopic (exact) mass is 180 g/mol. The van der Waals surface area contributed by atoms with Gasteiger partial charge < -0.3 is 10.2 Å². The number of benzene rings is 1. The fourth-order valence-corrected chi connectivity index (χ4v) is 1.14. The molecule has 0 aliphatic rings. The highest BCUT2D eigenvalue weighted by Gasteiger charge is 2.03. The summed E-state index contributed by atoms with van der Waals surface area (Å²) in [4.78, 5) is 10.4. The van der Waals surface area contributed by atoms with Crippen molar-refractivity contribution in [3.8, 4) is 0 Å². The van der Waals surface area contributed by atoms with Gasteiger partial charge in [-0.15, -0.1) is 0 Å². The molecule has 1 aromatic carbocycles. The number of hydrogen-bond acceptors (Lipinski definition) is 2. The average Bonchev–Trinajstić information content (AvgIpc) is 2.03. The smallest absolute Gasteiger partial charge is 0.307 e. The van der Waals surface area contributed by atoms with Crippen molar-refractivity contribution in [2.75, 3.05) is 0 Å². The lowest BCUT2D eigenvalue weighted by molar-refractivity contribution is -0.136. The Bertz CT molecular complexity index is 305. The van der Waals surface area contributed by atoms with E-state index in [1.807, 2.05) is 0 Å². The average molecular weight is 180 g/mol. The van der Waals surface area contributed by atoms with Gasteiger partial charge in [0.2, 0.25) is 0 Å². The molecule has 0 saturated heterocycles. The van der Waals surface area contributed by atoms with Crippen molar-refractivity contribution in [3.05, 3.63) is 35.4 Å². The molecule has 1 aromatic rings. The number of aliphatic hydroxyl groups excluding tert-OH is 1. The Hall–Kier alpha value is -1.35. The van der Waals surface area contributed by atoms with Crippen molar-refractivity contribution in [2.24, 2.45) is 0 Å². The van der Waals surface area contributed by atoms with E-state index < -0.39 is 12.1 Å². The number of hydrogen-bond donors (Lipinski definition) is 2. The summed E-state index contributed by atoms with van der Waals surface area (Å²) in [7, 11) is 0. The van der Waals surface area contributed by atoms with Crippen molar-refractivity contribution < 1.29 is 15.0 Å². The Balaban J connectivity index is 2.85. The molecule has 0 aromatic heterocycles. The van der Waals surface area contributed by atoms with Crippen LogP contribution in [0.3, 0.4) is 0 Å².